The molecule has 0 heteroatoms. The number of rotatable bonds is 4. The Labute approximate surface area is 141 Å². The minimum Gasteiger partial charge on any atom is -0.0993 e. The lowest BCUT2D eigenvalue weighted by molar-refractivity contribution is 0.542. The van der Waals surface area contributed by atoms with Crippen LogP contribution in [0.5, 0.6) is 0 Å². The van der Waals surface area contributed by atoms with Crippen molar-refractivity contribution in [2.45, 2.75) is 41.5 Å². The SMILES string of the molecule is C=C(C)C(C)(C)/C(C)=C(\C)c1cc(-c2ccccc2)ccc1C. The van der Waals surface area contributed by atoms with Crippen molar-refractivity contribution in [3.8, 4) is 11.1 Å². The first kappa shape index (κ1) is 17.3. The highest BCUT2D eigenvalue weighted by molar-refractivity contribution is 5.76. The van der Waals surface area contributed by atoms with Crippen molar-refractivity contribution < 1.29 is 0 Å². The third-order valence-electron chi connectivity index (χ3n) is 5.32. The summed E-state index contributed by atoms with van der Waals surface area (Å²) in [7, 11) is 0. The highest BCUT2D eigenvalue weighted by Crippen LogP contribution is 2.39. The first-order valence-electron chi connectivity index (χ1n) is 8.25. The summed E-state index contributed by atoms with van der Waals surface area (Å²) >= 11 is 0. The second kappa shape index (κ2) is 6.58. The van der Waals surface area contributed by atoms with Crippen molar-refractivity contribution >= 4 is 5.57 Å². The van der Waals surface area contributed by atoms with E-state index in [0.29, 0.717) is 0 Å². The zero-order valence-corrected chi connectivity index (χ0v) is 15.3. The molecule has 0 radical (unpaired) electrons. The van der Waals surface area contributed by atoms with Crippen LogP contribution in [0.1, 0.15) is 45.7 Å². The molecule has 0 aliphatic carbocycles. The Bertz CT molecular complexity index is 743. The Morgan fingerprint density at radius 1 is 0.870 bits per heavy atom. The van der Waals surface area contributed by atoms with Gasteiger partial charge in [0.05, 0.1) is 0 Å². The summed E-state index contributed by atoms with van der Waals surface area (Å²) in [4.78, 5) is 0. The standard InChI is InChI=1S/C23H28/c1-16(2)23(6,7)19(5)18(4)22-15-21(14-13-17(22)3)20-11-9-8-10-12-20/h8-15H,1H2,2-7H3/b19-18+. The van der Waals surface area contributed by atoms with Crippen LogP contribution in [-0.2, 0) is 0 Å². The van der Waals surface area contributed by atoms with Crippen LogP contribution >= 0.6 is 0 Å². The van der Waals surface area contributed by atoms with Crippen LogP contribution in [0.2, 0.25) is 0 Å². The van der Waals surface area contributed by atoms with E-state index in [2.05, 4.69) is 96.7 Å². The molecule has 0 unspecified atom stereocenters. The molecule has 2 rings (SSSR count). The summed E-state index contributed by atoms with van der Waals surface area (Å²) in [5.41, 5.74) is 9.14. The number of aryl methyl sites for hydroxylation is 1. The lowest BCUT2D eigenvalue weighted by atomic mass is 9.76. The fraction of sp³-hybridized carbons (Fsp3) is 0.304. The fourth-order valence-electron chi connectivity index (χ4n) is 2.83. The lowest BCUT2D eigenvalue weighted by Crippen LogP contribution is -2.15. The molecule has 0 aliphatic rings. The van der Waals surface area contributed by atoms with Gasteiger partial charge in [0.15, 0.2) is 0 Å². The topological polar surface area (TPSA) is 0 Å². The van der Waals surface area contributed by atoms with E-state index in [1.54, 1.807) is 0 Å². The molecule has 0 nitrogen and oxygen atoms in total. The minimum atomic E-state index is 0.0132. The van der Waals surface area contributed by atoms with Crippen molar-refractivity contribution in [1.29, 1.82) is 0 Å². The molecule has 0 amide bonds. The molecular weight excluding hydrogens is 276 g/mol. The number of allylic oxidation sites excluding steroid dienone is 3. The van der Waals surface area contributed by atoms with Gasteiger partial charge in [0.25, 0.3) is 0 Å². The third kappa shape index (κ3) is 3.47. The molecule has 0 aromatic heterocycles. The molecule has 0 spiro atoms. The van der Waals surface area contributed by atoms with Gasteiger partial charge in [-0.25, -0.2) is 0 Å². The van der Waals surface area contributed by atoms with E-state index in [1.165, 1.54) is 39.0 Å². The van der Waals surface area contributed by atoms with E-state index in [-0.39, 0.29) is 5.41 Å². The van der Waals surface area contributed by atoms with Crippen LogP contribution in [-0.4, -0.2) is 0 Å². The molecule has 0 saturated carbocycles. The fourth-order valence-corrected chi connectivity index (χ4v) is 2.83. The van der Waals surface area contributed by atoms with Gasteiger partial charge in [-0.05, 0) is 61.6 Å². The molecule has 0 bridgehead atoms. The van der Waals surface area contributed by atoms with Gasteiger partial charge in [0, 0.05) is 5.41 Å². The first-order chi connectivity index (χ1) is 10.7. The number of hydrogen-bond donors (Lipinski definition) is 0. The minimum absolute atomic E-state index is 0.0132. The highest BCUT2D eigenvalue weighted by atomic mass is 14.3. The van der Waals surface area contributed by atoms with Crippen molar-refractivity contribution in [3.63, 3.8) is 0 Å². The van der Waals surface area contributed by atoms with Gasteiger partial charge in [-0.1, -0.05) is 74.0 Å². The Balaban J connectivity index is 2.57. The van der Waals surface area contributed by atoms with E-state index in [4.69, 9.17) is 0 Å². The molecule has 2 aromatic carbocycles. The maximum absolute atomic E-state index is 4.18. The number of benzene rings is 2. The summed E-state index contributed by atoms with van der Waals surface area (Å²) in [6.07, 6.45) is 0. The molecule has 0 N–H and O–H groups in total. The van der Waals surface area contributed by atoms with E-state index < -0.39 is 0 Å². The van der Waals surface area contributed by atoms with E-state index in [1.807, 2.05) is 0 Å². The van der Waals surface area contributed by atoms with Crippen LogP contribution in [0.4, 0.5) is 0 Å². The second-order valence-corrected chi connectivity index (χ2v) is 7.05. The highest BCUT2D eigenvalue weighted by Gasteiger charge is 2.23. The first-order valence-corrected chi connectivity index (χ1v) is 8.25. The van der Waals surface area contributed by atoms with Crippen LogP contribution in [0, 0.1) is 12.3 Å². The summed E-state index contributed by atoms with van der Waals surface area (Å²) in [6, 6.07) is 17.3. The van der Waals surface area contributed by atoms with Gasteiger partial charge in [0.2, 0.25) is 0 Å². The average Bonchev–Trinajstić information content (AvgIpc) is 2.54. The molecule has 0 heterocycles. The Morgan fingerprint density at radius 2 is 1.48 bits per heavy atom. The van der Waals surface area contributed by atoms with E-state index in [0.717, 1.165) is 0 Å². The molecule has 0 fully saturated rings. The molecule has 120 valence electrons. The van der Waals surface area contributed by atoms with Gasteiger partial charge in [-0.15, -0.1) is 0 Å². The molecule has 2 aromatic rings. The molecule has 0 atom stereocenters. The van der Waals surface area contributed by atoms with Crippen molar-refractivity contribution in [2.24, 2.45) is 5.41 Å². The van der Waals surface area contributed by atoms with Gasteiger partial charge >= 0.3 is 0 Å². The summed E-state index contributed by atoms with van der Waals surface area (Å²) in [5.74, 6) is 0. The Morgan fingerprint density at radius 3 is 2.04 bits per heavy atom. The van der Waals surface area contributed by atoms with Gasteiger partial charge in [-0.3, -0.25) is 0 Å². The van der Waals surface area contributed by atoms with Crippen molar-refractivity contribution in [3.05, 3.63) is 77.4 Å². The van der Waals surface area contributed by atoms with Crippen LogP contribution in [0.25, 0.3) is 16.7 Å². The summed E-state index contributed by atoms with van der Waals surface area (Å²) < 4.78 is 0. The third-order valence-corrected chi connectivity index (χ3v) is 5.32. The summed E-state index contributed by atoms with van der Waals surface area (Å²) in [6.45, 7) is 17.5. The average molecular weight is 304 g/mol. The zero-order valence-electron chi connectivity index (χ0n) is 15.3. The monoisotopic (exact) mass is 304 g/mol. The normalized spacial score (nSPS) is 12.8. The van der Waals surface area contributed by atoms with Crippen LogP contribution in [0.3, 0.4) is 0 Å². The summed E-state index contributed by atoms with van der Waals surface area (Å²) in [5, 5.41) is 0. The zero-order chi connectivity index (χ0) is 17.2. The van der Waals surface area contributed by atoms with Gasteiger partial charge < -0.3 is 0 Å². The lowest BCUT2D eigenvalue weighted by Gasteiger charge is -2.29. The largest absolute Gasteiger partial charge is 0.0993 e. The molecular formula is C23H28. The van der Waals surface area contributed by atoms with Crippen LogP contribution < -0.4 is 0 Å². The maximum Gasteiger partial charge on any atom is 0.00617 e. The van der Waals surface area contributed by atoms with E-state index in [9.17, 15) is 0 Å². The van der Waals surface area contributed by atoms with E-state index >= 15 is 0 Å². The predicted molar refractivity (Wildman–Crippen MR) is 103 cm³/mol. The van der Waals surface area contributed by atoms with Crippen molar-refractivity contribution in [1.82, 2.24) is 0 Å². The molecule has 0 saturated heterocycles. The van der Waals surface area contributed by atoms with Gasteiger partial charge in [-0.2, -0.15) is 0 Å². The second-order valence-electron chi connectivity index (χ2n) is 7.05. The van der Waals surface area contributed by atoms with Crippen molar-refractivity contribution in [2.75, 3.05) is 0 Å². The Kier molecular flexibility index (Phi) is 4.94. The van der Waals surface area contributed by atoms with Gasteiger partial charge in [0.1, 0.15) is 0 Å². The van der Waals surface area contributed by atoms with Crippen LogP contribution in [0.15, 0.2) is 66.3 Å². The number of hydrogen-bond acceptors (Lipinski definition) is 0. The maximum atomic E-state index is 4.18. The smallest absolute Gasteiger partial charge is 0.00617 e. The Hall–Kier alpha value is -2.08. The predicted octanol–water partition coefficient (Wildman–Crippen LogP) is 7.06. The quantitative estimate of drug-likeness (QED) is 0.530. The molecule has 23 heavy (non-hydrogen) atoms. The molecule has 0 aliphatic heterocycles.